The Morgan fingerprint density at radius 1 is 0.933 bits per heavy atom. The van der Waals surface area contributed by atoms with Gasteiger partial charge in [-0.05, 0) is 24.8 Å². The molecule has 0 bridgehead atoms. The highest BCUT2D eigenvalue weighted by atomic mass is 16.5. The van der Waals surface area contributed by atoms with E-state index in [9.17, 15) is 19.2 Å². The minimum absolute atomic E-state index is 0.000752. The van der Waals surface area contributed by atoms with Gasteiger partial charge in [-0.2, -0.15) is 0 Å². The zero-order valence-corrected chi connectivity index (χ0v) is 16.8. The van der Waals surface area contributed by atoms with Gasteiger partial charge in [-0.3, -0.25) is 14.4 Å². The number of fused-ring (bicyclic) bond motifs is 2. The third-order valence-corrected chi connectivity index (χ3v) is 5.96. The Labute approximate surface area is 174 Å². The first kappa shape index (κ1) is 20.0. The average molecular weight is 405 g/mol. The van der Waals surface area contributed by atoms with Crippen LogP contribution in [0.25, 0.3) is 0 Å². The van der Waals surface area contributed by atoms with Crippen LogP contribution < -0.4 is 5.32 Å². The molecule has 0 aliphatic heterocycles. The van der Waals surface area contributed by atoms with E-state index in [0.29, 0.717) is 11.5 Å². The molecule has 154 valence electrons. The van der Waals surface area contributed by atoms with Gasteiger partial charge in [0.15, 0.2) is 18.2 Å². The first-order valence-electron chi connectivity index (χ1n) is 10.3. The second-order valence-electron chi connectivity index (χ2n) is 7.94. The van der Waals surface area contributed by atoms with Gasteiger partial charge in [-0.15, -0.1) is 0 Å². The van der Waals surface area contributed by atoms with Crippen LogP contribution in [-0.2, 0) is 9.53 Å². The van der Waals surface area contributed by atoms with Crippen molar-refractivity contribution in [3.8, 4) is 0 Å². The number of carbonyl (C=O) groups excluding carboxylic acids is 4. The molecule has 6 heteroatoms. The van der Waals surface area contributed by atoms with E-state index in [-0.39, 0.29) is 40.0 Å². The Morgan fingerprint density at radius 3 is 2.33 bits per heavy atom. The summed E-state index contributed by atoms with van der Waals surface area (Å²) in [5, 5.41) is 2.93. The summed E-state index contributed by atoms with van der Waals surface area (Å²) in [6, 6.07) is 11.1. The number of ketones is 2. The number of ether oxygens (including phenoxy) is 1. The van der Waals surface area contributed by atoms with E-state index in [1.807, 2.05) is 0 Å². The fraction of sp³-hybridized carbons (Fsp3) is 0.333. The van der Waals surface area contributed by atoms with Crippen molar-refractivity contribution >= 4 is 23.4 Å². The molecule has 2 atom stereocenters. The van der Waals surface area contributed by atoms with Crippen molar-refractivity contribution in [2.75, 3.05) is 6.61 Å². The van der Waals surface area contributed by atoms with E-state index in [1.165, 1.54) is 18.2 Å². The van der Waals surface area contributed by atoms with Gasteiger partial charge in [0.05, 0.1) is 5.56 Å². The van der Waals surface area contributed by atoms with Gasteiger partial charge < -0.3 is 10.1 Å². The monoisotopic (exact) mass is 405 g/mol. The van der Waals surface area contributed by atoms with Crippen LogP contribution in [0, 0.1) is 5.92 Å². The summed E-state index contributed by atoms with van der Waals surface area (Å²) in [6.45, 7) is 1.68. The fourth-order valence-electron chi connectivity index (χ4n) is 4.30. The average Bonchev–Trinajstić information content (AvgIpc) is 2.77. The predicted molar refractivity (Wildman–Crippen MR) is 110 cm³/mol. The van der Waals surface area contributed by atoms with Crippen LogP contribution in [0.5, 0.6) is 0 Å². The lowest BCUT2D eigenvalue weighted by Gasteiger charge is -2.29. The molecule has 2 aliphatic carbocycles. The van der Waals surface area contributed by atoms with E-state index in [1.54, 1.807) is 24.3 Å². The molecule has 0 saturated heterocycles. The van der Waals surface area contributed by atoms with Crippen molar-refractivity contribution in [3.05, 3.63) is 70.3 Å². The first-order chi connectivity index (χ1) is 14.5. The number of carbonyl (C=O) groups is 4. The molecule has 0 spiro atoms. The molecule has 2 aromatic rings. The quantitative estimate of drug-likeness (QED) is 0.673. The Hall–Kier alpha value is -3.28. The third kappa shape index (κ3) is 3.65. The van der Waals surface area contributed by atoms with Crippen molar-refractivity contribution in [2.45, 2.75) is 38.6 Å². The predicted octanol–water partition coefficient (Wildman–Crippen LogP) is 3.31. The van der Waals surface area contributed by atoms with E-state index < -0.39 is 18.4 Å². The minimum atomic E-state index is -0.792. The summed E-state index contributed by atoms with van der Waals surface area (Å²) in [5.74, 6) is -1.46. The standard InChI is InChI=1S/C24H23NO5/c1-14-7-2-5-12-19(14)25-20(26)13-30-24(29)18-11-6-10-17-21(18)23(28)16-9-4-3-8-15(16)22(17)27/h3-4,6,8-11,14,19H,2,5,7,12-13H2,1H3,(H,25,26)/t14-,19+/m0/s1. The van der Waals surface area contributed by atoms with Gasteiger partial charge in [-0.25, -0.2) is 4.79 Å². The summed E-state index contributed by atoms with van der Waals surface area (Å²) in [6.07, 6.45) is 4.22. The molecular formula is C24H23NO5. The van der Waals surface area contributed by atoms with Crippen molar-refractivity contribution in [1.82, 2.24) is 5.32 Å². The summed E-state index contributed by atoms with van der Waals surface area (Å²) >= 11 is 0. The summed E-state index contributed by atoms with van der Waals surface area (Å²) < 4.78 is 5.19. The fourth-order valence-corrected chi connectivity index (χ4v) is 4.30. The van der Waals surface area contributed by atoms with E-state index in [0.717, 1.165) is 25.7 Å². The highest BCUT2D eigenvalue weighted by molar-refractivity contribution is 6.30. The number of amides is 1. The smallest absolute Gasteiger partial charge is 0.339 e. The van der Waals surface area contributed by atoms with E-state index >= 15 is 0 Å². The first-order valence-corrected chi connectivity index (χ1v) is 10.3. The lowest BCUT2D eigenvalue weighted by atomic mass is 9.82. The largest absolute Gasteiger partial charge is 0.452 e. The van der Waals surface area contributed by atoms with Crippen LogP contribution in [-0.4, -0.2) is 36.1 Å². The molecule has 1 N–H and O–H groups in total. The second kappa shape index (κ2) is 8.22. The Kier molecular flexibility index (Phi) is 5.48. The Morgan fingerprint density at radius 2 is 1.60 bits per heavy atom. The molecule has 1 fully saturated rings. The Balaban J connectivity index is 1.50. The molecule has 1 saturated carbocycles. The molecule has 4 rings (SSSR count). The number of benzene rings is 2. The SMILES string of the molecule is C[C@H]1CCCC[C@H]1NC(=O)COC(=O)c1cccc2c1C(=O)c1ccccc1C2=O. The van der Waals surface area contributed by atoms with Gasteiger partial charge in [0.2, 0.25) is 0 Å². The summed E-state index contributed by atoms with van der Waals surface area (Å²) in [7, 11) is 0. The third-order valence-electron chi connectivity index (χ3n) is 5.96. The summed E-state index contributed by atoms with van der Waals surface area (Å²) in [4.78, 5) is 50.7. The highest BCUT2D eigenvalue weighted by Crippen LogP contribution is 2.30. The van der Waals surface area contributed by atoms with Gasteiger partial charge in [0, 0.05) is 28.3 Å². The van der Waals surface area contributed by atoms with Gasteiger partial charge >= 0.3 is 5.97 Å². The van der Waals surface area contributed by atoms with Crippen LogP contribution in [0.1, 0.15) is 74.8 Å². The number of hydrogen-bond donors (Lipinski definition) is 1. The zero-order chi connectivity index (χ0) is 21.3. The molecule has 0 heterocycles. The van der Waals surface area contributed by atoms with Crippen LogP contribution in [0.4, 0.5) is 0 Å². The highest BCUT2D eigenvalue weighted by Gasteiger charge is 2.33. The Bertz CT molecular complexity index is 1040. The van der Waals surface area contributed by atoms with Crippen LogP contribution in [0.15, 0.2) is 42.5 Å². The maximum absolute atomic E-state index is 13.0. The lowest BCUT2D eigenvalue weighted by Crippen LogP contribution is -2.43. The molecule has 0 aromatic heterocycles. The lowest BCUT2D eigenvalue weighted by molar-refractivity contribution is -0.125. The minimum Gasteiger partial charge on any atom is -0.452 e. The van der Waals surface area contributed by atoms with Crippen LogP contribution >= 0.6 is 0 Å². The second-order valence-corrected chi connectivity index (χ2v) is 7.94. The topological polar surface area (TPSA) is 89.5 Å². The van der Waals surface area contributed by atoms with Crippen molar-refractivity contribution < 1.29 is 23.9 Å². The number of esters is 1. The number of nitrogens with one attached hydrogen (secondary N) is 1. The molecule has 2 aromatic carbocycles. The summed E-state index contributed by atoms with van der Waals surface area (Å²) in [5.41, 5.74) is 0.793. The normalized spacial score (nSPS) is 20.2. The molecule has 30 heavy (non-hydrogen) atoms. The number of rotatable bonds is 4. The van der Waals surface area contributed by atoms with Crippen molar-refractivity contribution in [2.24, 2.45) is 5.92 Å². The zero-order valence-electron chi connectivity index (χ0n) is 16.8. The molecule has 0 radical (unpaired) electrons. The molecule has 0 unspecified atom stereocenters. The van der Waals surface area contributed by atoms with E-state index in [2.05, 4.69) is 12.2 Å². The maximum atomic E-state index is 13.0. The van der Waals surface area contributed by atoms with Gasteiger partial charge in [0.25, 0.3) is 5.91 Å². The molecule has 2 aliphatic rings. The van der Waals surface area contributed by atoms with Crippen molar-refractivity contribution in [1.29, 1.82) is 0 Å². The number of hydrogen-bond acceptors (Lipinski definition) is 5. The molecule has 6 nitrogen and oxygen atoms in total. The van der Waals surface area contributed by atoms with E-state index in [4.69, 9.17) is 4.74 Å². The van der Waals surface area contributed by atoms with Crippen LogP contribution in [0.3, 0.4) is 0 Å². The molecule has 1 amide bonds. The molecular weight excluding hydrogens is 382 g/mol. The van der Waals surface area contributed by atoms with Gasteiger partial charge in [-0.1, -0.05) is 56.2 Å². The van der Waals surface area contributed by atoms with Crippen LogP contribution in [0.2, 0.25) is 0 Å². The van der Waals surface area contributed by atoms with Gasteiger partial charge in [0.1, 0.15) is 0 Å². The maximum Gasteiger partial charge on any atom is 0.339 e. The van der Waals surface area contributed by atoms with Crippen molar-refractivity contribution in [3.63, 3.8) is 0 Å².